The molecule has 0 aliphatic carbocycles. The molecule has 142 valence electrons. The van der Waals surface area contributed by atoms with Gasteiger partial charge >= 0.3 is 5.97 Å². The third-order valence-corrected chi connectivity index (χ3v) is 4.14. The van der Waals surface area contributed by atoms with Gasteiger partial charge in [-0.15, -0.1) is 0 Å². The fourth-order valence-electron chi connectivity index (χ4n) is 2.37. The molecule has 3 aromatic carbocycles. The summed E-state index contributed by atoms with van der Waals surface area (Å²) in [6.45, 7) is -0.315. The number of carbonyl (C=O) groups is 2. The minimum Gasteiger partial charge on any atom is -0.483 e. The Hall–Kier alpha value is -3.32. The molecule has 0 saturated carbocycles. The molecule has 0 aliphatic rings. The zero-order valence-electron chi connectivity index (χ0n) is 14.6. The Labute approximate surface area is 169 Å². The third-order valence-electron chi connectivity index (χ3n) is 3.65. The number of para-hydroxylation sites is 1. The quantitative estimate of drug-likeness (QED) is 0.541. The molecule has 7 heteroatoms. The van der Waals surface area contributed by atoms with Crippen molar-refractivity contribution in [1.29, 1.82) is 0 Å². The van der Waals surface area contributed by atoms with Crippen LogP contribution >= 0.6 is 15.9 Å². The number of carboxylic acid groups (broad SMARTS) is 1. The van der Waals surface area contributed by atoms with E-state index in [0.717, 1.165) is 5.75 Å². The van der Waals surface area contributed by atoms with Crippen LogP contribution < -0.4 is 14.8 Å². The van der Waals surface area contributed by atoms with Crippen molar-refractivity contribution in [2.45, 2.75) is 0 Å². The van der Waals surface area contributed by atoms with Crippen molar-refractivity contribution in [2.24, 2.45) is 0 Å². The van der Waals surface area contributed by atoms with E-state index in [-0.39, 0.29) is 17.9 Å². The monoisotopic (exact) mass is 441 g/mol. The highest BCUT2D eigenvalue weighted by Crippen LogP contribution is 2.24. The number of rotatable bonds is 7. The van der Waals surface area contributed by atoms with E-state index in [1.165, 1.54) is 12.1 Å². The van der Waals surface area contributed by atoms with Gasteiger partial charge in [0.25, 0.3) is 5.91 Å². The van der Waals surface area contributed by atoms with E-state index in [9.17, 15) is 14.7 Å². The van der Waals surface area contributed by atoms with Crippen molar-refractivity contribution in [3.8, 4) is 17.2 Å². The summed E-state index contributed by atoms with van der Waals surface area (Å²) >= 11 is 3.21. The maximum atomic E-state index is 12.1. The molecule has 6 nitrogen and oxygen atoms in total. The van der Waals surface area contributed by atoms with Crippen LogP contribution in [0.5, 0.6) is 17.2 Å². The van der Waals surface area contributed by atoms with Crippen LogP contribution in [0.25, 0.3) is 0 Å². The molecule has 0 atom stereocenters. The van der Waals surface area contributed by atoms with Crippen LogP contribution in [-0.4, -0.2) is 23.6 Å². The van der Waals surface area contributed by atoms with Gasteiger partial charge in [-0.25, -0.2) is 4.79 Å². The maximum Gasteiger partial charge on any atom is 0.339 e. The molecule has 0 spiro atoms. The highest BCUT2D eigenvalue weighted by molar-refractivity contribution is 9.10. The fourth-order valence-corrected chi connectivity index (χ4v) is 2.73. The average Bonchev–Trinajstić information content (AvgIpc) is 2.69. The first kappa shape index (κ1) is 19.4. The second-order valence-corrected chi connectivity index (χ2v) is 6.64. The first-order chi connectivity index (χ1) is 13.5. The standard InChI is InChI=1S/C21H16BrNO5/c22-14-6-11-19(18(12-14)21(25)26)27-13-20(24)23-15-7-9-17(10-8-15)28-16-4-2-1-3-5-16/h1-12H,13H2,(H,23,24)(H,25,26). The normalized spacial score (nSPS) is 10.2. The predicted molar refractivity (Wildman–Crippen MR) is 108 cm³/mol. The third kappa shape index (κ3) is 5.34. The Morgan fingerprint density at radius 2 is 1.61 bits per heavy atom. The summed E-state index contributed by atoms with van der Waals surface area (Å²) in [4.78, 5) is 23.3. The van der Waals surface area contributed by atoms with Crippen LogP contribution in [0, 0.1) is 0 Å². The van der Waals surface area contributed by atoms with Crippen molar-refractivity contribution in [3.63, 3.8) is 0 Å². The molecule has 0 unspecified atom stereocenters. The lowest BCUT2D eigenvalue weighted by Crippen LogP contribution is -2.20. The highest BCUT2D eigenvalue weighted by atomic mass is 79.9. The van der Waals surface area contributed by atoms with Crippen LogP contribution in [0.3, 0.4) is 0 Å². The number of halogens is 1. The smallest absolute Gasteiger partial charge is 0.339 e. The Morgan fingerprint density at radius 3 is 2.29 bits per heavy atom. The number of aromatic carboxylic acids is 1. The number of benzene rings is 3. The molecule has 0 saturated heterocycles. The number of carbonyl (C=O) groups excluding carboxylic acids is 1. The Kier molecular flexibility index (Phi) is 6.29. The fraction of sp³-hybridized carbons (Fsp3) is 0.0476. The average molecular weight is 442 g/mol. The van der Waals surface area contributed by atoms with Crippen LogP contribution in [0.2, 0.25) is 0 Å². The molecule has 0 radical (unpaired) electrons. The first-order valence-corrected chi connectivity index (χ1v) is 9.09. The number of hydrogen-bond acceptors (Lipinski definition) is 4. The zero-order valence-corrected chi connectivity index (χ0v) is 16.2. The molecule has 3 aromatic rings. The second kappa shape index (κ2) is 9.05. The summed E-state index contributed by atoms with van der Waals surface area (Å²) in [7, 11) is 0. The molecule has 0 aliphatic heterocycles. The highest BCUT2D eigenvalue weighted by Gasteiger charge is 2.13. The van der Waals surface area contributed by atoms with Gasteiger partial charge in [-0.2, -0.15) is 0 Å². The largest absolute Gasteiger partial charge is 0.483 e. The van der Waals surface area contributed by atoms with Crippen molar-refractivity contribution < 1.29 is 24.2 Å². The first-order valence-electron chi connectivity index (χ1n) is 8.30. The SMILES string of the molecule is O=C(COc1ccc(Br)cc1C(=O)O)Nc1ccc(Oc2ccccc2)cc1. The number of anilines is 1. The van der Waals surface area contributed by atoms with Gasteiger partial charge in [0, 0.05) is 10.2 Å². The lowest BCUT2D eigenvalue weighted by Gasteiger charge is -2.11. The molecule has 0 bridgehead atoms. The molecule has 3 rings (SSSR count). The summed E-state index contributed by atoms with van der Waals surface area (Å²) in [5.74, 6) is -0.0583. The summed E-state index contributed by atoms with van der Waals surface area (Å²) < 4.78 is 11.7. The van der Waals surface area contributed by atoms with Crippen molar-refractivity contribution >= 4 is 33.5 Å². The number of nitrogens with one attached hydrogen (secondary N) is 1. The summed E-state index contributed by atoms with van der Waals surface area (Å²) in [5, 5.41) is 11.9. The Balaban J connectivity index is 1.56. The van der Waals surface area contributed by atoms with Gasteiger partial charge in [-0.1, -0.05) is 34.1 Å². The molecule has 0 heterocycles. The summed E-state index contributed by atoms with van der Waals surface area (Å²) in [6.07, 6.45) is 0. The molecule has 1 amide bonds. The number of amides is 1. The zero-order chi connectivity index (χ0) is 19.9. The van der Waals surface area contributed by atoms with Crippen LogP contribution in [0.1, 0.15) is 10.4 Å². The van der Waals surface area contributed by atoms with E-state index < -0.39 is 11.9 Å². The van der Waals surface area contributed by atoms with Crippen LogP contribution in [0.15, 0.2) is 77.3 Å². The Bertz CT molecular complexity index is 974. The van der Waals surface area contributed by atoms with E-state index in [0.29, 0.717) is 15.9 Å². The minimum absolute atomic E-state index is 0.0235. The van der Waals surface area contributed by atoms with Crippen molar-refractivity contribution in [2.75, 3.05) is 11.9 Å². The Morgan fingerprint density at radius 1 is 0.929 bits per heavy atom. The lowest BCUT2D eigenvalue weighted by atomic mass is 10.2. The number of ether oxygens (including phenoxy) is 2. The van der Waals surface area contributed by atoms with Crippen molar-refractivity contribution in [1.82, 2.24) is 0 Å². The van der Waals surface area contributed by atoms with Gasteiger partial charge < -0.3 is 19.9 Å². The van der Waals surface area contributed by atoms with E-state index in [2.05, 4.69) is 21.2 Å². The van der Waals surface area contributed by atoms with Gasteiger partial charge in [0.05, 0.1) is 0 Å². The summed E-state index contributed by atoms with van der Waals surface area (Å²) in [6, 6.07) is 20.8. The molecular weight excluding hydrogens is 426 g/mol. The number of carboxylic acids is 1. The molecular formula is C21H16BrNO5. The maximum absolute atomic E-state index is 12.1. The molecule has 28 heavy (non-hydrogen) atoms. The van der Waals surface area contributed by atoms with E-state index in [1.807, 2.05) is 30.3 Å². The minimum atomic E-state index is -1.13. The number of hydrogen-bond donors (Lipinski definition) is 2. The van der Waals surface area contributed by atoms with E-state index in [1.54, 1.807) is 30.3 Å². The molecule has 0 fully saturated rings. The topological polar surface area (TPSA) is 84.9 Å². The van der Waals surface area contributed by atoms with Gasteiger partial charge in [0.2, 0.25) is 0 Å². The van der Waals surface area contributed by atoms with Gasteiger partial charge in [-0.05, 0) is 54.6 Å². The van der Waals surface area contributed by atoms with Crippen molar-refractivity contribution in [3.05, 3.63) is 82.8 Å². The van der Waals surface area contributed by atoms with Gasteiger partial charge in [-0.3, -0.25) is 4.79 Å². The van der Waals surface area contributed by atoms with Gasteiger partial charge in [0.15, 0.2) is 6.61 Å². The predicted octanol–water partition coefficient (Wildman–Crippen LogP) is 4.96. The van der Waals surface area contributed by atoms with Crippen LogP contribution in [-0.2, 0) is 4.79 Å². The summed E-state index contributed by atoms with van der Waals surface area (Å²) in [5.41, 5.74) is 0.549. The van der Waals surface area contributed by atoms with E-state index in [4.69, 9.17) is 9.47 Å². The lowest BCUT2D eigenvalue weighted by molar-refractivity contribution is -0.118. The second-order valence-electron chi connectivity index (χ2n) is 5.72. The van der Waals surface area contributed by atoms with Crippen LogP contribution in [0.4, 0.5) is 5.69 Å². The molecule has 2 N–H and O–H groups in total. The van der Waals surface area contributed by atoms with E-state index >= 15 is 0 Å². The molecule has 0 aromatic heterocycles. The van der Waals surface area contributed by atoms with Gasteiger partial charge in [0.1, 0.15) is 22.8 Å².